The summed E-state index contributed by atoms with van der Waals surface area (Å²) in [5.74, 6) is 0. The highest BCUT2D eigenvalue weighted by atomic mass is 35.5. The van der Waals surface area contributed by atoms with Gasteiger partial charge >= 0.3 is 6.03 Å². The first kappa shape index (κ1) is 11.8. The normalized spacial score (nSPS) is 9.73. The topological polar surface area (TPSA) is 53.2 Å². The molecule has 0 atom stereocenters. The van der Waals surface area contributed by atoms with Crippen LogP contribution < -0.4 is 16.0 Å². The van der Waals surface area contributed by atoms with E-state index in [0.29, 0.717) is 17.3 Å². The van der Waals surface area contributed by atoms with Gasteiger partial charge in [0.05, 0.1) is 10.7 Å². The van der Waals surface area contributed by atoms with Crippen LogP contribution in [0.5, 0.6) is 0 Å². The van der Waals surface area contributed by atoms with Crippen LogP contribution in [0.2, 0.25) is 5.02 Å². The Labute approximate surface area is 94.0 Å². The molecule has 1 aromatic carbocycles. The molecule has 0 aliphatic heterocycles. The van der Waals surface area contributed by atoms with E-state index in [1.165, 1.54) is 0 Å². The number of para-hydroxylation sites is 1. The molecule has 0 radical (unpaired) electrons. The molecule has 82 valence electrons. The fraction of sp³-hybridized carbons (Fsp3) is 0.300. The third-order valence-electron chi connectivity index (χ3n) is 1.78. The molecule has 0 fully saturated rings. The van der Waals surface area contributed by atoms with Crippen LogP contribution in [0.3, 0.4) is 0 Å². The molecule has 0 unspecified atom stereocenters. The molecular weight excluding hydrogens is 214 g/mol. The second kappa shape index (κ2) is 6.27. The van der Waals surface area contributed by atoms with Crippen molar-refractivity contribution in [3.63, 3.8) is 0 Å². The van der Waals surface area contributed by atoms with Crippen molar-refractivity contribution in [3.05, 3.63) is 29.3 Å². The molecule has 1 rings (SSSR count). The number of benzene rings is 1. The average molecular weight is 228 g/mol. The summed E-state index contributed by atoms with van der Waals surface area (Å²) in [4.78, 5) is 11.3. The number of likely N-dealkylation sites (N-methyl/N-ethyl adjacent to an activating group) is 1. The number of hydrogen-bond donors (Lipinski definition) is 3. The van der Waals surface area contributed by atoms with Crippen molar-refractivity contribution in [2.45, 2.75) is 0 Å². The second-order valence-corrected chi connectivity index (χ2v) is 3.37. The smallest absolute Gasteiger partial charge is 0.319 e. The molecule has 0 saturated carbocycles. The van der Waals surface area contributed by atoms with Gasteiger partial charge in [0.25, 0.3) is 0 Å². The number of halogens is 1. The van der Waals surface area contributed by atoms with E-state index in [9.17, 15) is 4.79 Å². The number of rotatable bonds is 4. The van der Waals surface area contributed by atoms with Crippen LogP contribution in [0.15, 0.2) is 24.3 Å². The fourth-order valence-corrected chi connectivity index (χ4v) is 1.21. The summed E-state index contributed by atoms with van der Waals surface area (Å²) in [6.07, 6.45) is 0. The van der Waals surface area contributed by atoms with E-state index in [2.05, 4.69) is 16.0 Å². The summed E-state index contributed by atoms with van der Waals surface area (Å²) in [5, 5.41) is 8.81. The maximum atomic E-state index is 11.3. The van der Waals surface area contributed by atoms with Crippen molar-refractivity contribution in [2.75, 3.05) is 25.5 Å². The lowest BCUT2D eigenvalue weighted by Crippen LogP contribution is -2.33. The Balaban J connectivity index is 2.41. The van der Waals surface area contributed by atoms with Gasteiger partial charge in [-0.1, -0.05) is 23.7 Å². The lowest BCUT2D eigenvalue weighted by atomic mass is 10.3. The van der Waals surface area contributed by atoms with Crippen molar-refractivity contribution in [3.8, 4) is 0 Å². The fourth-order valence-electron chi connectivity index (χ4n) is 1.03. The summed E-state index contributed by atoms with van der Waals surface area (Å²) in [6.45, 7) is 1.31. The van der Waals surface area contributed by atoms with Gasteiger partial charge in [0.15, 0.2) is 0 Å². The minimum absolute atomic E-state index is 0.252. The molecule has 15 heavy (non-hydrogen) atoms. The van der Waals surface area contributed by atoms with Crippen LogP contribution >= 0.6 is 11.6 Å². The molecule has 1 aromatic rings. The molecule has 0 aliphatic carbocycles. The number of hydrogen-bond acceptors (Lipinski definition) is 2. The third kappa shape index (κ3) is 4.18. The van der Waals surface area contributed by atoms with Crippen LogP contribution in [-0.4, -0.2) is 26.2 Å². The number of urea groups is 1. The molecule has 0 aromatic heterocycles. The van der Waals surface area contributed by atoms with Crippen LogP contribution in [0.4, 0.5) is 10.5 Å². The minimum atomic E-state index is -0.252. The highest BCUT2D eigenvalue weighted by Gasteiger charge is 2.02. The van der Waals surface area contributed by atoms with Gasteiger partial charge in [-0.2, -0.15) is 0 Å². The molecule has 0 bridgehead atoms. The largest absolute Gasteiger partial charge is 0.337 e. The number of amides is 2. The Morgan fingerprint density at radius 3 is 2.73 bits per heavy atom. The van der Waals surface area contributed by atoms with E-state index < -0.39 is 0 Å². The zero-order chi connectivity index (χ0) is 11.1. The third-order valence-corrected chi connectivity index (χ3v) is 2.11. The predicted molar refractivity (Wildman–Crippen MR) is 62.4 cm³/mol. The Hall–Kier alpha value is -1.26. The molecule has 3 N–H and O–H groups in total. The molecule has 4 nitrogen and oxygen atoms in total. The Morgan fingerprint density at radius 1 is 1.33 bits per heavy atom. The van der Waals surface area contributed by atoms with Crippen LogP contribution in [0.25, 0.3) is 0 Å². The standard InChI is InChI=1S/C10H14ClN3O/c1-12-6-7-13-10(15)14-9-5-3-2-4-8(9)11/h2-5,12H,6-7H2,1H3,(H2,13,14,15). The number of carbonyl (C=O) groups is 1. The van der Waals surface area contributed by atoms with E-state index in [1.54, 1.807) is 12.1 Å². The van der Waals surface area contributed by atoms with E-state index in [0.717, 1.165) is 6.54 Å². The first-order valence-electron chi connectivity index (χ1n) is 4.68. The lowest BCUT2D eigenvalue weighted by molar-refractivity contribution is 0.252. The quantitative estimate of drug-likeness (QED) is 0.686. The van der Waals surface area contributed by atoms with E-state index in [-0.39, 0.29) is 6.03 Å². The number of anilines is 1. The first-order chi connectivity index (χ1) is 7.24. The summed E-state index contributed by atoms with van der Waals surface area (Å²) in [5.41, 5.74) is 0.612. The molecule has 0 aliphatic rings. The summed E-state index contributed by atoms with van der Waals surface area (Å²) in [6, 6.07) is 6.85. The van der Waals surface area contributed by atoms with Gasteiger partial charge in [0.2, 0.25) is 0 Å². The molecule has 2 amide bonds. The summed E-state index contributed by atoms with van der Waals surface area (Å²) < 4.78 is 0. The average Bonchev–Trinajstić information content (AvgIpc) is 2.22. The van der Waals surface area contributed by atoms with Crippen molar-refractivity contribution in [1.82, 2.24) is 10.6 Å². The van der Waals surface area contributed by atoms with Crippen molar-refractivity contribution in [2.24, 2.45) is 0 Å². The van der Waals surface area contributed by atoms with Crippen molar-refractivity contribution in [1.29, 1.82) is 0 Å². The van der Waals surface area contributed by atoms with Crippen LogP contribution in [0, 0.1) is 0 Å². The maximum absolute atomic E-state index is 11.3. The van der Waals surface area contributed by atoms with Gasteiger partial charge in [0.1, 0.15) is 0 Å². The summed E-state index contributed by atoms with van der Waals surface area (Å²) in [7, 11) is 1.83. The SMILES string of the molecule is CNCCNC(=O)Nc1ccccc1Cl. The van der Waals surface area contributed by atoms with Crippen LogP contribution in [-0.2, 0) is 0 Å². The Morgan fingerprint density at radius 2 is 2.07 bits per heavy atom. The Bertz CT molecular complexity index is 330. The minimum Gasteiger partial charge on any atom is -0.337 e. The van der Waals surface area contributed by atoms with Crippen LogP contribution in [0.1, 0.15) is 0 Å². The van der Waals surface area contributed by atoms with Crippen molar-refractivity contribution < 1.29 is 4.79 Å². The highest BCUT2D eigenvalue weighted by Crippen LogP contribution is 2.19. The maximum Gasteiger partial charge on any atom is 0.319 e. The molecule has 0 saturated heterocycles. The van der Waals surface area contributed by atoms with Gasteiger partial charge in [-0.15, -0.1) is 0 Å². The predicted octanol–water partition coefficient (Wildman–Crippen LogP) is 1.68. The zero-order valence-electron chi connectivity index (χ0n) is 8.51. The lowest BCUT2D eigenvalue weighted by Gasteiger charge is -2.08. The molecule has 0 heterocycles. The zero-order valence-corrected chi connectivity index (χ0v) is 9.27. The first-order valence-corrected chi connectivity index (χ1v) is 5.06. The number of nitrogens with one attached hydrogen (secondary N) is 3. The molecular formula is C10H14ClN3O. The molecule has 0 spiro atoms. The molecule has 5 heteroatoms. The van der Waals surface area contributed by atoms with Gasteiger partial charge < -0.3 is 16.0 Å². The number of carbonyl (C=O) groups excluding carboxylic acids is 1. The van der Waals surface area contributed by atoms with E-state index in [1.807, 2.05) is 19.2 Å². The van der Waals surface area contributed by atoms with E-state index in [4.69, 9.17) is 11.6 Å². The highest BCUT2D eigenvalue weighted by molar-refractivity contribution is 6.33. The monoisotopic (exact) mass is 227 g/mol. The summed E-state index contributed by atoms with van der Waals surface area (Å²) >= 11 is 5.87. The van der Waals surface area contributed by atoms with Gasteiger partial charge in [-0.05, 0) is 19.2 Å². The van der Waals surface area contributed by atoms with Gasteiger partial charge in [0, 0.05) is 13.1 Å². The van der Waals surface area contributed by atoms with E-state index >= 15 is 0 Å². The van der Waals surface area contributed by atoms with Gasteiger partial charge in [-0.3, -0.25) is 0 Å². The van der Waals surface area contributed by atoms with Crippen molar-refractivity contribution >= 4 is 23.3 Å². The second-order valence-electron chi connectivity index (χ2n) is 2.96. The van der Waals surface area contributed by atoms with Gasteiger partial charge in [-0.25, -0.2) is 4.79 Å². The Kier molecular flexibility index (Phi) is 4.93.